The molecule has 0 aromatic heterocycles. The molecule has 0 saturated carbocycles. The first-order valence-electron chi connectivity index (χ1n) is 3.78. The molecule has 1 atom stereocenters. The Morgan fingerprint density at radius 1 is 1.78 bits per heavy atom. The van der Waals surface area contributed by atoms with Crippen LogP contribution in [0.3, 0.4) is 0 Å². The van der Waals surface area contributed by atoms with Gasteiger partial charge in [-0.05, 0) is 26.2 Å². The van der Waals surface area contributed by atoms with E-state index in [1.54, 1.807) is 0 Å². The molecular formula is C8H15N. The summed E-state index contributed by atoms with van der Waals surface area (Å²) in [5.74, 6) is 0. The van der Waals surface area contributed by atoms with E-state index in [9.17, 15) is 0 Å². The second-order valence-electron chi connectivity index (χ2n) is 2.71. The molecule has 0 radical (unpaired) electrons. The van der Waals surface area contributed by atoms with Crippen LogP contribution >= 0.6 is 0 Å². The van der Waals surface area contributed by atoms with Crippen molar-refractivity contribution in [3.63, 3.8) is 0 Å². The molecule has 0 amide bonds. The van der Waals surface area contributed by atoms with E-state index in [2.05, 4.69) is 25.2 Å². The average Bonchev–Trinajstić information content (AvgIpc) is 1.88. The summed E-state index contributed by atoms with van der Waals surface area (Å²) in [6, 6.07) is 0.699. The standard InChI is InChI=1S/C8H15N/c1-3-8-6-4-5-7(2)9-8/h6-7,9H,3-5H2,1-2H3. The summed E-state index contributed by atoms with van der Waals surface area (Å²) in [5, 5.41) is 3.43. The Bertz CT molecular complexity index is 116. The van der Waals surface area contributed by atoms with E-state index in [1.165, 1.54) is 18.5 Å². The van der Waals surface area contributed by atoms with Crippen molar-refractivity contribution in [1.82, 2.24) is 5.32 Å². The molecule has 1 nitrogen and oxygen atoms in total. The topological polar surface area (TPSA) is 12.0 Å². The highest BCUT2D eigenvalue weighted by atomic mass is 14.9. The van der Waals surface area contributed by atoms with Gasteiger partial charge in [-0.3, -0.25) is 0 Å². The maximum absolute atomic E-state index is 3.43. The third-order valence-corrected chi connectivity index (χ3v) is 1.80. The van der Waals surface area contributed by atoms with Gasteiger partial charge in [0.2, 0.25) is 0 Å². The molecule has 0 saturated heterocycles. The van der Waals surface area contributed by atoms with Gasteiger partial charge >= 0.3 is 0 Å². The summed E-state index contributed by atoms with van der Waals surface area (Å²) in [6.07, 6.45) is 6.02. The van der Waals surface area contributed by atoms with Crippen molar-refractivity contribution in [2.75, 3.05) is 0 Å². The molecule has 0 aromatic carbocycles. The molecule has 0 bridgehead atoms. The highest BCUT2D eigenvalue weighted by molar-refractivity contribution is 5.03. The molecule has 1 aliphatic rings. The van der Waals surface area contributed by atoms with Crippen LogP contribution in [0.25, 0.3) is 0 Å². The normalized spacial score (nSPS) is 26.9. The maximum atomic E-state index is 3.43. The summed E-state index contributed by atoms with van der Waals surface area (Å²) in [6.45, 7) is 4.43. The monoisotopic (exact) mass is 125 g/mol. The number of rotatable bonds is 1. The Hall–Kier alpha value is -0.460. The van der Waals surface area contributed by atoms with E-state index >= 15 is 0 Å². The first-order valence-corrected chi connectivity index (χ1v) is 3.78. The van der Waals surface area contributed by atoms with Gasteiger partial charge in [0.15, 0.2) is 0 Å². The van der Waals surface area contributed by atoms with Crippen molar-refractivity contribution >= 4 is 0 Å². The minimum absolute atomic E-state index is 0.699. The van der Waals surface area contributed by atoms with Gasteiger partial charge in [0, 0.05) is 11.7 Å². The fourth-order valence-electron chi connectivity index (χ4n) is 1.20. The van der Waals surface area contributed by atoms with E-state index in [1.807, 2.05) is 0 Å². The highest BCUT2D eigenvalue weighted by Crippen LogP contribution is 2.10. The van der Waals surface area contributed by atoms with Gasteiger partial charge in [-0.1, -0.05) is 13.0 Å². The third kappa shape index (κ3) is 1.74. The summed E-state index contributed by atoms with van der Waals surface area (Å²) >= 11 is 0. The van der Waals surface area contributed by atoms with Crippen LogP contribution in [0, 0.1) is 0 Å². The number of nitrogens with one attached hydrogen (secondary N) is 1. The lowest BCUT2D eigenvalue weighted by atomic mass is 10.1. The zero-order valence-electron chi connectivity index (χ0n) is 6.28. The summed E-state index contributed by atoms with van der Waals surface area (Å²) in [5.41, 5.74) is 1.42. The van der Waals surface area contributed by atoms with Gasteiger partial charge in [0.05, 0.1) is 0 Å². The molecule has 1 N–H and O–H groups in total. The number of hydrogen-bond acceptors (Lipinski definition) is 1. The van der Waals surface area contributed by atoms with Crippen LogP contribution < -0.4 is 5.32 Å². The lowest BCUT2D eigenvalue weighted by Gasteiger charge is -2.21. The maximum Gasteiger partial charge on any atom is 0.0232 e. The summed E-state index contributed by atoms with van der Waals surface area (Å²) < 4.78 is 0. The van der Waals surface area contributed by atoms with Crippen molar-refractivity contribution in [3.05, 3.63) is 11.8 Å². The molecule has 52 valence electrons. The second-order valence-corrected chi connectivity index (χ2v) is 2.71. The number of allylic oxidation sites excluding steroid dienone is 2. The SMILES string of the molecule is CCC1=CCCC(C)N1. The molecule has 1 heteroatoms. The van der Waals surface area contributed by atoms with E-state index in [4.69, 9.17) is 0 Å². The van der Waals surface area contributed by atoms with Gasteiger partial charge < -0.3 is 5.32 Å². The quantitative estimate of drug-likeness (QED) is 0.565. The van der Waals surface area contributed by atoms with E-state index in [-0.39, 0.29) is 0 Å². The van der Waals surface area contributed by atoms with Crippen LogP contribution in [0.2, 0.25) is 0 Å². The van der Waals surface area contributed by atoms with E-state index in [0.717, 1.165) is 6.42 Å². The van der Waals surface area contributed by atoms with Crippen molar-refractivity contribution in [3.8, 4) is 0 Å². The predicted octanol–water partition coefficient (Wildman–Crippen LogP) is 2.05. The Balaban J connectivity index is 2.43. The molecule has 1 rings (SSSR count). The van der Waals surface area contributed by atoms with E-state index in [0.29, 0.717) is 6.04 Å². The molecule has 0 spiro atoms. The molecule has 0 aliphatic carbocycles. The molecule has 0 aromatic rings. The summed E-state index contributed by atoms with van der Waals surface area (Å²) in [4.78, 5) is 0. The molecule has 9 heavy (non-hydrogen) atoms. The first kappa shape index (κ1) is 6.66. The minimum atomic E-state index is 0.699. The molecular weight excluding hydrogens is 110 g/mol. The predicted molar refractivity (Wildman–Crippen MR) is 40.2 cm³/mol. The smallest absolute Gasteiger partial charge is 0.0232 e. The largest absolute Gasteiger partial charge is 0.386 e. The van der Waals surface area contributed by atoms with Gasteiger partial charge in [-0.15, -0.1) is 0 Å². The third-order valence-electron chi connectivity index (χ3n) is 1.80. The van der Waals surface area contributed by atoms with Gasteiger partial charge in [-0.2, -0.15) is 0 Å². The second kappa shape index (κ2) is 2.90. The molecule has 1 heterocycles. The Labute approximate surface area is 57.1 Å². The van der Waals surface area contributed by atoms with Crippen molar-refractivity contribution in [2.45, 2.75) is 39.2 Å². The lowest BCUT2D eigenvalue weighted by Crippen LogP contribution is -2.27. The van der Waals surface area contributed by atoms with Crippen LogP contribution in [0.4, 0.5) is 0 Å². The molecule has 0 fully saturated rings. The lowest BCUT2D eigenvalue weighted by molar-refractivity contribution is 0.533. The zero-order chi connectivity index (χ0) is 6.69. The molecule has 1 aliphatic heterocycles. The van der Waals surface area contributed by atoms with Crippen LogP contribution in [-0.4, -0.2) is 6.04 Å². The summed E-state index contributed by atoms with van der Waals surface area (Å²) in [7, 11) is 0. The minimum Gasteiger partial charge on any atom is -0.386 e. The first-order chi connectivity index (χ1) is 4.33. The highest BCUT2D eigenvalue weighted by Gasteiger charge is 2.06. The van der Waals surface area contributed by atoms with Crippen LogP contribution in [0.1, 0.15) is 33.1 Å². The van der Waals surface area contributed by atoms with Crippen LogP contribution in [0.15, 0.2) is 11.8 Å². The number of hydrogen-bond donors (Lipinski definition) is 1. The van der Waals surface area contributed by atoms with Gasteiger partial charge in [0.25, 0.3) is 0 Å². The van der Waals surface area contributed by atoms with Gasteiger partial charge in [0.1, 0.15) is 0 Å². The van der Waals surface area contributed by atoms with Gasteiger partial charge in [-0.25, -0.2) is 0 Å². The Morgan fingerprint density at radius 2 is 2.56 bits per heavy atom. The van der Waals surface area contributed by atoms with Crippen LogP contribution in [-0.2, 0) is 0 Å². The Morgan fingerprint density at radius 3 is 3.00 bits per heavy atom. The fraction of sp³-hybridized carbons (Fsp3) is 0.750. The van der Waals surface area contributed by atoms with Crippen molar-refractivity contribution < 1.29 is 0 Å². The Kier molecular flexibility index (Phi) is 2.15. The van der Waals surface area contributed by atoms with Crippen LogP contribution in [0.5, 0.6) is 0 Å². The van der Waals surface area contributed by atoms with E-state index < -0.39 is 0 Å². The zero-order valence-corrected chi connectivity index (χ0v) is 6.28. The van der Waals surface area contributed by atoms with Crippen molar-refractivity contribution in [1.29, 1.82) is 0 Å². The average molecular weight is 125 g/mol. The fourth-order valence-corrected chi connectivity index (χ4v) is 1.20. The van der Waals surface area contributed by atoms with Crippen molar-refractivity contribution in [2.24, 2.45) is 0 Å². The molecule has 1 unspecified atom stereocenters.